The number of benzene rings is 3. The number of aromatic nitrogens is 1. The van der Waals surface area contributed by atoms with E-state index in [0.29, 0.717) is 29.0 Å². The summed E-state index contributed by atoms with van der Waals surface area (Å²) in [5.74, 6) is -0.349. The van der Waals surface area contributed by atoms with Gasteiger partial charge in [0, 0.05) is 28.9 Å². The number of anilines is 1. The first-order valence-electron chi connectivity index (χ1n) is 11.8. The lowest BCUT2D eigenvalue weighted by Gasteiger charge is -2.23. The van der Waals surface area contributed by atoms with Crippen molar-refractivity contribution < 1.29 is 19.4 Å². The molecule has 1 aromatic heterocycles. The predicted octanol–water partition coefficient (Wildman–Crippen LogP) is 5.48. The van der Waals surface area contributed by atoms with Gasteiger partial charge in [0.05, 0.1) is 18.5 Å². The summed E-state index contributed by atoms with van der Waals surface area (Å²) < 4.78 is 7.58. The summed E-state index contributed by atoms with van der Waals surface area (Å²) in [4.78, 5) is 26.8. The predicted molar refractivity (Wildman–Crippen MR) is 139 cm³/mol. The van der Waals surface area contributed by atoms with Gasteiger partial charge < -0.3 is 14.7 Å². The molecule has 180 valence electrons. The Morgan fingerprint density at radius 1 is 0.971 bits per heavy atom. The summed E-state index contributed by atoms with van der Waals surface area (Å²) in [6.07, 6.45) is -0.0830. The summed E-state index contributed by atoms with van der Waals surface area (Å²) in [7, 11) is 0. The number of nitrogens with zero attached hydrogens (tertiary/aromatic N) is 2. The second kappa shape index (κ2) is 10.5. The maximum atomic E-state index is 13.3. The van der Waals surface area contributed by atoms with Gasteiger partial charge in [0.1, 0.15) is 12.4 Å². The Balaban J connectivity index is 1.45. The number of fused-ring (bicyclic) bond motifs is 1. The normalized spacial score (nSPS) is 10.9. The molecule has 4 rings (SSSR count). The van der Waals surface area contributed by atoms with Crippen molar-refractivity contribution in [3.63, 3.8) is 0 Å². The second-order valence-electron chi connectivity index (χ2n) is 8.64. The van der Waals surface area contributed by atoms with E-state index in [2.05, 4.69) is 43.0 Å². The van der Waals surface area contributed by atoms with Crippen LogP contribution in [0.1, 0.15) is 34.1 Å². The largest absolute Gasteiger partial charge is 0.492 e. The van der Waals surface area contributed by atoms with Gasteiger partial charge in [-0.2, -0.15) is 0 Å². The Morgan fingerprint density at radius 3 is 2.40 bits per heavy atom. The van der Waals surface area contributed by atoms with Crippen molar-refractivity contribution in [2.75, 3.05) is 24.6 Å². The molecule has 0 aliphatic carbocycles. The van der Waals surface area contributed by atoms with Crippen LogP contribution in [0.3, 0.4) is 0 Å². The molecule has 0 bridgehead atoms. The van der Waals surface area contributed by atoms with Crippen LogP contribution in [0.5, 0.6) is 5.75 Å². The molecule has 0 saturated heterocycles. The quantitative estimate of drug-likeness (QED) is 0.351. The van der Waals surface area contributed by atoms with Crippen LogP contribution >= 0.6 is 0 Å². The van der Waals surface area contributed by atoms with E-state index in [0.717, 1.165) is 24.2 Å². The van der Waals surface area contributed by atoms with Gasteiger partial charge in [0.15, 0.2) is 0 Å². The Hall–Kier alpha value is -4.06. The number of carboxylic acid groups (broad SMARTS) is 1. The van der Waals surface area contributed by atoms with Crippen molar-refractivity contribution >= 4 is 28.5 Å². The maximum absolute atomic E-state index is 13.3. The lowest BCUT2D eigenvalue weighted by molar-refractivity contribution is -0.136. The first-order chi connectivity index (χ1) is 16.9. The fourth-order valence-electron chi connectivity index (χ4n) is 4.40. The van der Waals surface area contributed by atoms with Crippen molar-refractivity contribution in [3.8, 4) is 5.75 Å². The van der Waals surface area contributed by atoms with Crippen molar-refractivity contribution in [2.24, 2.45) is 0 Å². The first kappa shape index (κ1) is 24.1. The number of hydrogen-bond acceptors (Lipinski definition) is 4. The average molecular weight is 471 g/mol. The lowest BCUT2D eigenvalue weighted by atomic mass is 10.1. The highest BCUT2D eigenvalue weighted by molar-refractivity contribution is 6.04. The van der Waals surface area contributed by atoms with Gasteiger partial charge in [-0.15, -0.1) is 0 Å². The molecule has 6 heteroatoms. The van der Waals surface area contributed by atoms with E-state index in [-0.39, 0.29) is 12.3 Å². The molecular formula is C29H30N2O4. The van der Waals surface area contributed by atoms with Crippen LogP contribution < -0.4 is 9.64 Å². The summed E-state index contributed by atoms with van der Waals surface area (Å²) in [6.45, 7) is 8.24. The zero-order chi connectivity index (χ0) is 24.9. The molecule has 0 aliphatic heterocycles. The summed E-state index contributed by atoms with van der Waals surface area (Å²) in [5, 5.41) is 9.99. The third-order valence-electron chi connectivity index (χ3n) is 6.14. The van der Waals surface area contributed by atoms with Crippen molar-refractivity contribution in [2.45, 2.75) is 27.2 Å². The highest BCUT2D eigenvalue weighted by atomic mass is 16.5. The molecule has 0 radical (unpaired) electrons. The minimum absolute atomic E-state index is 0.0830. The number of aliphatic carboxylic acids is 1. The van der Waals surface area contributed by atoms with E-state index in [1.165, 1.54) is 11.3 Å². The number of likely N-dealkylation sites (N-methyl/N-ethyl adjacent to an activating group) is 1. The van der Waals surface area contributed by atoms with E-state index >= 15 is 0 Å². The SMILES string of the molecule is CCN(CCOc1ccc(C(=O)n2c(C)cc3c(CC(=O)O)cccc32)cc1)c1cccc(C)c1. The number of hydrogen-bond donors (Lipinski definition) is 1. The standard InChI is InChI=1S/C29H30N2O4/c1-4-30(24-9-5-7-20(2)17-24)15-16-35-25-13-11-22(12-14-25)29(34)31-21(3)18-26-23(19-28(32)33)8-6-10-27(26)31/h5-14,17-18H,4,15-16,19H2,1-3H3,(H,32,33). The number of aryl methyl sites for hydroxylation is 2. The molecule has 6 nitrogen and oxygen atoms in total. The molecule has 0 aliphatic rings. The highest BCUT2D eigenvalue weighted by Gasteiger charge is 2.17. The molecule has 1 heterocycles. The van der Waals surface area contributed by atoms with E-state index in [1.807, 2.05) is 31.2 Å². The second-order valence-corrected chi connectivity index (χ2v) is 8.64. The zero-order valence-electron chi connectivity index (χ0n) is 20.3. The summed E-state index contributed by atoms with van der Waals surface area (Å²) in [5.41, 5.74) is 5.11. The molecule has 4 aromatic rings. The molecule has 0 spiro atoms. The number of rotatable bonds is 9. The Labute approximate surface area is 205 Å². The number of carbonyl (C=O) groups excluding carboxylic acids is 1. The maximum Gasteiger partial charge on any atom is 0.307 e. The van der Waals surface area contributed by atoms with Gasteiger partial charge in [0.2, 0.25) is 0 Å². The average Bonchev–Trinajstić information content (AvgIpc) is 3.18. The molecule has 0 saturated carbocycles. The minimum atomic E-state index is -0.897. The molecule has 0 amide bonds. The Kier molecular flexibility index (Phi) is 7.20. The van der Waals surface area contributed by atoms with Gasteiger partial charge in [-0.25, -0.2) is 0 Å². The third kappa shape index (κ3) is 5.38. The third-order valence-corrected chi connectivity index (χ3v) is 6.14. The van der Waals surface area contributed by atoms with Crippen LogP contribution in [0.2, 0.25) is 0 Å². The van der Waals surface area contributed by atoms with Crippen molar-refractivity contribution in [3.05, 3.63) is 95.2 Å². The van der Waals surface area contributed by atoms with Crippen LogP contribution in [-0.4, -0.2) is 41.2 Å². The molecule has 35 heavy (non-hydrogen) atoms. The molecule has 1 N–H and O–H groups in total. The van der Waals surface area contributed by atoms with Crippen LogP contribution in [0.15, 0.2) is 72.8 Å². The van der Waals surface area contributed by atoms with E-state index in [4.69, 9.17) is 4.74 Å². The smallest absolute Gasteiger partial charge is 0.307 e. The fraction of sp³-hybridized carbons (Fsp3) is 0.241. The van der Waals surface area contributed by atoms with Crippen molar-refractivity contribution in [1.82, 2.24) is 4.57 Å². The zero-order valence-corrected chi connectivity index (χ0v) is 20.3. The van der Waals surface area contributed by atoms with Crippen LogP contribution in [0.4, 0.5) is 5.69 Å². The van der Waals surface area contributed by atoms with Crippen LogP contribution in [0, 0.1) is 13.8 Å². The fourth-order valence-corrected chi connectivity index (χ4v) is 4.40. The molecule has 3 aromatic carbocycles. The van der Waals surface area contributed by atoms with Gasteiger partial charge in [0.25, 0.3) is 5.91 Å². The van der Waals surface area contributed by atoms with Gasteiger partial charge in [-0.1, -0.05) is 24.3 Å². The highest BCUT2D eigenvalue weighted by Crippen LogP contribution is 2.25. The number of carbonyl (C=O) groups is 2. The van der Waals surface area contributed by atoms with Gasteiger partial charge in [-0.3, -0.25) is 14.2 Å². The van der Waals surface area contributed by atoms with Gasteiger partial charge in [-0.05, 0) is 80.4 Å². The number of carboxylic acids is 1. The van der Waals surface area contributed by atoms with E-state index in [9.17, 15) is 14.7 Å². The molecule has 0 atom stereocenters. The Morgan fingerprint density at radius 2 is 1.71 bits per heavy atom. The summed E-state index contributed by atoms with van der Waals surface area (Å²) >= 11 is 0. The summed E-state index contributed by atoms with van der Waals surface area (Å²) in [6, 6.07) is 22.9. The van der Waals surface area contributed by atoms with Crippen LogP contribution in [-0.2, 0) is 11.2 Å². The lowest BCUT2D eigenvalue weighted by Crippen LogP contribution is -2.28. The van der Waals surface area contributed by atoms with Gasteiger partial charge >= 0.3 is 5.97 Å². The molecular weight excluding hydrogens is 440 g/mol. The molecule has 0 unspecified atom stereocenters. The first-order valence-corrected chi connectivity index (χ1v) is 11.8. The minimum Gasteiger partial charge on any atom is -0.492 e. The molecule has 0 fully saturated rings. The monoisotopic (exact) mass is 470 g/mol. The van der Waals surface area contributed by atoms with E-state index in [1.54, 1.807) is 28.8 Å². The van der Waals surface area contributed by atoms with Crippen LogP contribution in [0.25, 0.3) is 10.9 Å². The van der Waals surface area contributed by atoms with Crippen molar-refractivity contribution in [1.29, 1.82) is 0 Å². The Bertz CT molecular complexity index is 1360. The number of ether oxygens (including phenoxy) is 1. The van der Waals surface area contributed by atoms with E-state index < -0.39 is 5.97 Å². The topological polar surface area (TPSA) is 71.8 Å².